The van der Waals surface area contributed by atoms with E-state index >= 15 is 0 Å². The van der Waals surface area contributed by atoms with Crippen molar-refractivity contribution < 1.29 is 4.39 Å². The van der Waals surface area contributed by atoms with E-state index in [4.69, 9.17) is 0 Å². The number of rotatable bonds is 2. The van der Waals surface area contributed by atoms with Crippen LogP contribution in [-0.4, -0.2) is 36.4 Å². The fraction of sp³-hybridized carbons (Fsp3) is 0.500. The molecule has 0 saturated heterocycles. The van der Waals surface area contributed by atoms with E-state index in [9.17, 15) is 4.39 Å². The standard InChI is InChI=1S/C12H15FN2S.2C2H6/c1-14(2)12-15(3)8-11(16-12)9-4-6-10(13)7-5-9;2*1-2/h4-8,12H,1-3H3;2*1-2H3. The smallest absolute Gasteiger partial charge is 0.134 e. The minimum atomic E-state index is -0.190. The summed E-state index contributed by atoms with van der Waals surface area (Å²) < 4.78 is 12.8. The van der Waals surface area contributed by atoms with Crippen LogP contribution in [0, 0.1) is 5.82 Å². The molecule has 1 atom stereocenters. The Bertz CT molecular complexity index is 401. The van der Waals surface area contributed by atoms with Crippen molar-refractivity contribution in [2.24, 2.45) is 0 Å². The lowest BCUT2D eigenvalue weighted by Gasteiger charge is -2.26. The summed E-state index contributed by atoms with van der Waals surface area (Å²) in [4.78, 5) is 5.49. The predicted molar refractivity (Wildman–Crippen MR) is 89.9 cm³/mol. The van der Waals surface area contributed by atoms with E-state index in [-0.39, 0.29) is 5.82 Å². The van der Waals surface area contributed by atoms with Crippen LogP contribution in [0.15, 0.2) is 30.5 Å². The molecular formula is C16H27FN2S. The molecule has 1 aromatic rings. The highest BCUT2D eigenvalue weighted by molar-refractivity contribution is 8.09. The van der Waals surface area contributed by atoms with E-state index in [0.717, 1.165) is 5.56 Å². The van der Waals surface area contributed by atoms with Crippen LogP contribution in [0.25, 0.3) is 4.91 Å². The third kappa shape index (κ3) is 5.17. The molecule has 4 heteroatoms. The summed E-state index contributed by atoms with van der Waals surface area (Å²) >= 11 is 1.78. The van der Waals surface area contributed by atoms with Crippen molar-refractivity contribution in [3.63, 3.8) is 0 Å². The van der Waals surface area contributed by atoms with Crippen LogP contribution in [-0.2, 0) is 0 Å². The number of hydrogen-bond donors (Lipinski definition) is 0. The third-order valence-corrected chi connectivity index (χ3v) is 4.03. The Kier molecular flexibility index (Phi) is 9.34. The summed E-state index contributed by atoms with van der Waals surface area (Å²) in [6, 6.07) is 6.64. The first-order valence-corrected chi connectivity index (χ1v) is 7.98. The Balaban J connectivity index is 0.000000829. The van der Waals surface area contributed by atoms with Crippen LogP contribution in [0.2, 0.25) is 0 Å². The van der Waals surface area contributed by atoms with E-state index in [0.29, 0.717) is 5.50 Å². The monoisotopic (exact) mass is 298 g/mol. The van der Waals surface area contributed by atoms with Gasteiger partial charge in [-0.25, -0.2) is 4.39 Å². The number of thioether (sulfide) groups is 1. The van der Waals surface area contributed by atoms with Crippen LogP contribution in [0.4, 0.5) is 4.39 Å². The second-order valence-electron chi connectivity index (χ2n) is 4.07. The molecule has 1 aliphatic rings. The van der Waals surface area contributed by atoms with Gasteiger partial charge in [0.15, 0.2) is 0 Å². The van der Waals surface area contributed by atoms with Crippen LogP contribution in [0.1, 0.15) is 33.3 Å². The van der Waals surface area contributed by atoms with Crippen LogP contribution >= 0.6 is 11.8 Å². The average molecular weight is 298 g/mol. The Morgan fingerprint density at radius 1 is 1.05 bits per heavy atom. The van der Waals surface area contributed by atoms with Gasteiger partial charge in [0.2, 0.25) is 0 Å². The Morgan fingerprint density at radius 2 is 1.55 bits per heavy atom. The van der Waals surface area contributed by atoms with Crippen molar-refractivity contribution in [1.82, 2.24) is 9.80 Å². The first kappa shape index (κ1) is 19.0. The lowest BCUT2D eigenvalue weighted by molar-refractivity contribution is 0.239. The van der Waals surface area contributed by atoms with Gasteiger partial charge in [-0.3, -0.25) is 4.90 Å². The summed E-state index contributed by atoms with van der Waals surface area (Å²) in [5.74, 6) is -0.190. The molecule has 2 nitrogen and oxygen atoms in total. The van der Waals surface area contributed by atoms with Gasteiger partial charge < -0.3 is 4.90 Å². The SMILES string of the molecule is CC.CC.CN(C)C1SC(c2ccc(F)cc2)=CN1C. The Hall–Kier alpha value is -1.00. The van der Waals surface area contributed by atoms with Crippen molar-refractivity contribution in [2.75, 3.05) is 21.1 Å². The topological polar surface area (TPSA) is 6.48 Å². The molecule has 0 spiro atoms. The molecule has 1 heterocycles. The van der Waals surface area contributed by atoms with E-state index in [1.165, 1.54) is 17.0 Å². The first-order chi connectivity index (χ1) is 9.58. The fourth-order valence-corrected chi connectivity index (χ4v) is 2.87. The number of benzene rings is 1. The largest absolute Gasteiger partial charge is 0.355 e. The van der Waals surface area contributed by atoms with Crippen molar-refractivity contribution in [2.45, 2.75) is 33.2 Å². The van der Waals surface area contributed by atoms with Gasteiger partial charge in [0.05, 0.1) is 0 Å². The summed E-state index contributed by atoms with van der Waals surface area (Å²) in [7, 11) is 6.15. The molecule has 1 unspecified atom stereocenters. The molecule has 0 saturated carbocycles. The van der Waals surface area contributed by atoms with Crippen LogP contribution in [0.3, 0.4) is 0 Å². The van der Waals surface area contributed by atoms with Crippen molar-refractivity contribution in [3.8, 4) is 0 Å². The lowest BCUT2D eigenvalue weighted by Crippen LogP contribution is -2.34. The maximum atomic E-state index is 12.8. The molecule has 0 amide bonds. The first-order valence-electron chi connectivity index (χ1n) is 7.11. The number of nitrogens with zero attached hydrogens (tertiary/aromatic N) is 2. The predicted octanol–water partition coefficient (Wildman–Crippen LogP) is 4.70. The van der Waals surface area contributed by atoms with Gasteiger partial charge in [-0.05, 0) is 31.8 Å². The highest BCUT2D eigenvalue weighted by Crippen LogP contribution is 2.39. The molecule has 0 bridgehead atoms. The van der Waals surface area contributed by atoms with Crippen molar-refractivity contribution in [1.29, 1.82) is 0 Å². The summed E-state index contributed by atoms with van der Waals surface area (Å²) in [6.45, 7) is 8.00. The summed E-state index contributed by atoms with van der Waals surface area (Å²) in [5.41, 5.74) is 1.39. The van der Waals surface area contributed by atoms with Crippen LogP contribution < -0.4 is 0 Å². The van der Waals surface area contributed by atoms with E-state index in [2.05, 4.69) is 30.1 Å². The molecule has 0 radical (unpaired) electrons. The van der Waals surface area contributed by atoms with Gasteiger partial charge in [-0.15, -0.1) is 0 Å². The maximum Gasteiger partial charge on any atom is 0.134 e. The molecule has 0 fully saturated rings. The molecule has 20 heavy (non-hydrogen) atoms. The molecular weight excluding hydrogens is 271 g/mol. The summed E-state index contributed by atoms with van der Waals surface area (Å²) in [5, 5.41) is 0. The number of hydrogen-bond acceptors (Lipinski definition) is 3. The molecule has 0 aliphatic carbocycles. The average Bonchev–Trinajstić information content (AvgIpc) is 2.86. The van der Waals surface area contributed by atoms with Gasteiger partial charge in [-0.1, -0.05) is 51.6 Å². The fourth-order valence-electron chi connectivity index (χ4n) is 1.70. The van der Waals surface area contributed by atoms with Gasteiger partial charge >= 0.3 is 0 Å². The quantitative estimate of drug-likeness (QED) is 0.781. The van der Waals surface area contributed by atoms with Gasteiger partial charge in [0.25, 0.3) is 0 Å². The highest BCUT2D eigenvalue weighted by Gasteiger charge is 2.24. The molecule has 114 valence electrons. The minimum Gasteiger partial charge on any atom is -0.355 e. The lowest BCUT2D eigenvalue weighted by atomic mass is 10.2. The zero-order valence-electron chi connectivity index (χ0n) is 13.6. The van der Waals surface area contributed by atoms with Crippen molar-refractivity contribution in [3.05, 3.63) is 41.8 Å². The Labute approximate surface area is 127 Å². The summed E-state index contributed by atoms with van der Waals surface area (Å²) in [6.07, 6.45) is 2.10. The Morgan fingerprint density at radius 3 is 1.95 bits per heavy atom. The molecule has 1 aliphatic heterocycles. The zero-order valence-corrected chi connectivity index (χ0v) is 14.5. The second kappa shape index (κ2) is 9.83. The normalized spacial score (nSPS) is 16.9. The van der Waals surface area contributed by atoms with Gasteiger partial charge in [0, 0.05) is 18.2 Å². The zero-order chi connectivity index (χ0) is 15.7. The molecule has 0 N–H and O–H groups in total. The minimum absolute atomic E-state index is 0.190. The second-order valence-corrected chi connectivity index (χ2v) is 5.17. The van der Waals surface area contributed by atoms with E-state index in [1.54, 1.807) is 11.8 Å². The highest BCUT2D eigenvalue weighted by atomic mass is 32.2. The van der Waals surface area contributed by atoms with Gasteiger partial charge in [-0.2, -0.15) is 0 Å². The molecule has 0 aromatic heterocycles. The molecule has 1 aromatic carbocycles. The maximum absolute atomic E-state index is 12.8. The van der Waals surface area contributed by atoms with E-state index in [1.807, 2.05) is 46.9 Å². The van der Waals surface area contributed by atoms with Crippen molar-refractivity contribution >= 4 is 16.7 Å². The number of halogens is 1. The van der Waals surface area contributed by atoms with E-state index < -0.39 is 0 Å². The molecule has 2 rings (SSSR count). The third-order valence-electron chi connectivity index (χ3n) is 2.47. The van der Waals surface area contributed by atoms with Crippen LogP contribution in [0.5, 0.6) is 0 Å². The van der Waals surface area contributed by atoms with Gasteiger partial charge in [0.1, 0.15) is 11.3 Å².